The third kappa shape index (κ3) is 2.56. The second kappa shape index (κ2) is 5.00. The molecule has 2 rings (SSSR count). The van der Waals surface area contributed by atoms with Gasteiger partial charge in [0, 0.05) is 19.8 Å². The zero-order valence-corrected chi connectivity index (χ0v) is 9.92. The number of Topliss-reactive ketones (excluding diaryl/α,β-unsaturated/α-hetero) is 1. The number of benzene rings is 1. The van der Waals surface area contributed by atoms with Crippen molar-refractivity contribution in [3.05, 3.63) is 35.4 Å². The minimum absolute atomic E-state index is 0.198. The van der Waals surface area contributed by atoms with E-state index in [0.717, 1.165) is 6.92 Å². The summed E-state index contributed by atoms with van der Waals surface area (Å²) in [6.45, 7) is 1.15. The van der Waals surface area contributed by atoms with Crippen LogP contribution in [0.3, 0.4) is 0 Å². The van der Waals surface area contributed by atoms with Gasteiger partial charge >= 0.3 is 5.97 Å². The summed E-state index contributed by atoms with van der Waals surface area (Å²) in [5, 5.41) is 12.2. The van der Waals surface area contributed by atoms with Gasteiger partial charge in [0.15, 0.2) is 5.78 Å². The first kappa shape index (κ1) is 12.3. The van der Waals surface area contributed by atoms with Gasteiger partial charge in [-0.25, -0.2) is 4.79 Å². The summed E-state index contributed by atoms with van der Waals surface area (Å²) in [4.78, 5) is 26.9. The van der Waals surface area contributed by atoms with Crippen LogP contribution in [0.4, 0.5) is 0 Å². The number of carboxylic acid groups (broad SMARTS) is 1. The van der Waals surface area contributed by atoms with E-state index < -0.39 is 17.5 Å². The van der Waals surface area contributed by atoms with Crippen LogP contribution < -0.4 is 0 Å². The van der Waals surface area contributed by atoms with Crippen LogP contribution in [0, 0.1) is 0 Å². The Kier molecular flexibility index (Phi) is 3.41. The zero-order chi connectivity index (χ0) is 13.1. The first-order chi connectivity index (χ1) is 8.58. The number of ketones is 1. The maximum absolute atomic E-state index is 11.0. The Morgan fingerprint density at radius 1 is 1.28 bits per heavy atom. The number of carbonyl (C=O) groups is 2. The highest BCUT2D eigenvalue weighted by molar-refractivity contribution is 6.63. The van der Waals surface area contributed by atoms with E-state index in [1.165, 1.54) is 11.1 Å². The summed E-state index contributed by atoms with van der Waals surface area (Å²) in [6.07, 6.45) is 1.17. The minimum atomic E-state index is -1.36. The summed E-state index contributed by atoms with van der Waals surface area (Å²) in [6, 6.07) is 7.91. The second-order valence-corrected chi connectivity index (χ2v) is 4.21. The number of nitrogens with zero attached hydrogens (tertiary/aromatic N) is 1. The topological polar surface area (TPSA) is 76.0 Å². The molecule has 0 saturated heterocycles. The van der Waals surface area contributed by atoms with Crippen LogP contribution in [0.5, 0.6) is 0 Å². The third-order valence-electron chi connectivity index (χ3n) is 2.84. The predicted octanol–water partition coefficient (Wildman–Crippen LogP) is 1.20. The maximum Gasteiger partial charge on any atom is 0.361 e. The van der Waals surface area contributed by atoms with Crippen LogP contribution in [0.25, 0.3) is 0 Å². The molecular formula is C13H13NO4. The van der Waals surface area contributed by atoms with E-state index in [1.807, 2.05) is 24.3 Å². The van der Waals surface area contributed by atoms with E-state index in [-0.39, 0.29) is 6.10 Å². The van der Waals surface area contributed by atoms with Gasteiger partial charge in [-0.3, -0.25) is 4.79 Å². The molecule has 0 unspecified atom stereocenters. The fourth-order valence-corrected chi connectivity index (χ4v) is 1.97. The molecule has 5 heteroatoms. The lowest BCUT2D eigenvalue weighted by Gasteiger charge is -2.06. The molecule has 0 fully saturated rings. The van der Waals surface area contributed by atoms with Crippen LogP contribution in [-0.4, -0.2) is 28.7 Å². The number of hydrogen-bond acceptors (Lipinski definition) is 4. The molecule has 0 saturated carbocycles. The first-order valence-electron chi connectivity index (χ1n) is 5.62. The number of carbonyl (C=O) groups excluding carboxylic acids is 1. The Balaban J connectivity index is 2.03. The van der Waals surface area contributed by atoms with Gasteiger partial charge in [-0.1, -0.05) is 29.4 Å². The SMILES string of the molecule is CC(=O)/C(=N/OC1Cc2ccccc2C1)C(=O)O. The molecule has 1 N–H and O–H groups in total. The van der Waals surface area contributed by atoms with E-state index in [0.29, 0.717) is 12.8 Å². The van der Waals surface area contributed by atoms with E-state index in [4.69, 9.17) is 9.94 Å². The van der Waals surface area contributed by atoms with Crippen molar-refractivity contribution in [2.24, 2.45) is 5.16 Å². The Morgan fingerprint density at radius 2 is 1.83 bits per heavy atom. The Morgan fingerprint density at radius 3 is 2.28 bits per heavy atom. The molecule has 1 aromatic carbocycles. The van der Waals surface area contributed by atoms with Gasteiger partial charge in [0.2, 0.25) is 5.71 Å². The van der Waals surface area contributed by atoms with Crippen molar-refractivity contribution in [1.82, 2.24) is 0 Å². The Hall–Kier alpha value is -2.17. The van der Waals surface area contributed by atoms with Crippen LogP contribution in [0.1, 0.15) is 18.1 Å². The molecule has 5 nitrogen and oxygen atoms in total. The van der Waals surface area contributed by atoms with Crippen LogP contribution in [0.2, 0.25) is 0 Å². The molecule has 0 aliphatic heterocycles. The average molecular weight is 247 g/mol. The van der Waals surface area contributed by atoms with Gasteiger partial charge in [-0.15, -0.1) is 0 Å². The Labute approximate surface area is 104 Å². The van der Waals surface area contributed by atoms with E-state index in [9.17, 15) is 9.59 Å². The molecule has 94 valence electrons. The quantitative estimate of drug-likeness (QED) is 0.492. The summed E-state index contributed by atoms with van der Waals surface area (Å²) < 4.78 is 0. The fraction of sp³-hybridized carbons (Fsp3) is 0.308. The number of hydrogen-bond donors (Lipinski definition) is 1. The van der Waals surface area contributed by atoms with E-state index in [1.54, 1.807) is 0 Å². The molecule has 18 heavy (non-hydrogen) atoms. The second-order valence-electron chi connectivity index (χ2n) is 4.21. The number of rotatable bonds is 4. The summed E-state index contributed by atoms with van der Waals surface area (Å²) >= 11 is 0. The lowest BCUT2D eigenvalue weighted by atomic mass is 10.1. The molecule has 0 atom stereocenters. The van der Waals surface area contributed by atoms with Gasteiger partial charge in [0.1, 0.15) is 6.10 Å². The molecule has 0 spiro atoms. The average Bonchev–Trinajstić information content (AvgIpc) is 2.70. The standard InChI is InChI=1S/C13H13NO4/c1-8(15)12(13(16)17)14-18-11-6-9-4-2-3-5-10(9)7-11/h2-5,11H,6-7H2,1H3,(H,16,17)/b14-12-. The van der Waals surface area contributed by atoms with Crippen molar-refractivity contribution >= 4 is 17.5 Å². The van der Waals surface area contributed by atoms with Gasteiger partial charge in [0.25, 0.3) is 0 Å². The number of carboxylic acids is 1. The lowest BCUT2D eigenvalue weighted by Crippen LogP contribution is -2.23. The Bertz CT molecular complexity index is 480. The number of fused-ring (bicyclic) bond motifs is 1. The molecule has 0 heterocycles. The molecule has 1 aromatic rings. The highest BCUT2D eigenvalue weighted by Crippen LogP contribution is 2.23. The molecule has 1 aliphatic rings. The summed E-state index contributed by atoms with van der Waals surface area (Å²) in [7, 11) is 0. The van der Waals surface area contributed by atoms with Crippen molar-refractivity contribution in [3.8, 4) is 0 Å². The lowest BCUT2D eigenvalue weighted by molar-refractivity contribution is -0.130. The normalized spacial score (nSPS) is 15.3. The first-order valence-corrected chi connectivity index (χ1v) is 5.62. The highest BCUT2D eigenvalue weighted by Gasteiger charge is 2.24. The molecule has 1 aliphatic carbocycles. The van der Waals surface area contributed by atoms with Crippen LogP contribution in [-0.2, 0) is 27.3 Å². The maximum atomic E-state index is 11.0. The molecule has 0 aromatic heterocycles. The third-order valence-corrected chi connectivity index (χ3v) is 2.84. The molecule has 0 bridgehead atoms. The van der Waals surface area contributed by atoms with Crippen molar-refractivity contribution in [2.45, 2.75) is 25.9 Å². The highest BCUT2D eigenvalue weighted by atomic mass is 16.6. The molecule has 0 amide bonds. The van der Waals surface area contributed by atoms with Crippen LogP contribution in [0.15, 0.2) is 29.4 Å². The van der Waals surface area contributed by atoms with E-state index >= 15 is 0 Å². The smallest absolute Gasteiger partial charge is 0.361 e. The largest absolute Gasteiger partial charge is 0.476 e. The predicted molar refractivity (Wildman–Crippen MR) is 64.5 cm³/mol. The van der Waals surface area contributed by atoms with Gasteiger partial charge in [0.05, 0.1) is 0 Å². The van der Waals surface area contributed by atoms with Gasteiger partial charge in [-0.05, 0) is 11.1 Å². The summed E-state index contributed by atoms with van der Waals surface area (Å²) in [5.74, 6) is -1.98. The fourth-order valence-electron chi connectivity index (χ4n) is 1.97. The van der Waals surface area contributed by atoms with Crippen molar-refractivity contribution in [1.29, 1.82) is 0 Å². The van der Waals surface area contributed by atoms with Crippen LogP contribution >= 0.6 is 0 Å². The molecular weight excluding hydrogens is 234 g/mol. The van der Waals surface area contributed by atoms with Crippen molar-refractivity contribution in [3.63, 3.8) is 0 Å². The monoisotopic (exact) mass is 247 g/mol. The summed E-state index contributed by atoms with van der Waals surface area (Å²) in [5.41, 5.74) is 1.79. The van der Waals surface area contributed by atoms with Crippen molar-refractivity contribution < 1.29 is 19.5 Å². The van der Waals surface area contributed by atoms with Crippen molar-refractivity contribution in [2.75, 3.05) is 0 Å². The zero-order valence-electron chi connectivity index (χ0n) is 9.92. The van der Waals surface area contributed by atoms with E-state index in [2.05, 4.69) is 5.16 Å². The van der Waals surface area contributed by atoms with Gasteiger partial charge in [-0.2, -0.15) is 0 Å². The van der Waals surface area contributed by atoms with Gasteiger partial charge < -0.3 is 9.94 Å². The molecule has 0 radical (unpaired) electrons. The number of aliphatic carboxylic acids is 1. The number of oxime groups is 1. The minimum Gasteiger partial charge on any atom is -0.476 e.